The summed E-state index contributed by atoms with van der Waals surface area (Å²) in [5, 5.41) is 9.52. The van der Waals surface area contributed by atoms with Crippen molar-refractivity contribution in [3.8, 4) is 0 Å². The molecular weight excluding hydrogens is 232 g/mol. The van der Waals surface area contributed by atoms with Gasteiger partial charge in [0.15, 0.2) is 5.82 Å². The van der Waals surface area contributed by atoms with E-state index in [1.165, 1.54) is 0 Å². The van der Waals surface area contributed by atoms with Crippen molar-refractivity contribution >= 4 is 11.7 Å². The van der Waals surface area contributed by atoms with Crippen molar-refractivity contribution in [1.29, 1.82) is 0 Å². The van der Waals surface area contributed by atoms with Gasteiger partial charge in [0.25, 0.3) is 0 Å². The summed E-state index contributed by atoms with van der Waals surface area (Å²) in [6, 6.07) is 1.70. The van der Waals surface area contributed by atoms with Crippen molar-refractivity contribution in [1.82, 2.24) is 15.4 Å². The molecule has 0 aliphatic rings. The van der Waals surface area contributed by atoms with Crippen molar-refractivity contribution in [2.75, 3.05) is 39.0 Å². The van der Waals surface area contributed by atoms with Gasteiger partial charge < -0.3 is 20.1 Å². The Morgan fingerprint density at radius 3 is 2.89 bits per heavy atom. The van der Waals surface area contributed by atoms with Gasteiger partial charge >= 0.3 is 0 Å². The number of aromatic nitrogens is 1. The number of hydrogen-bond acceptors (Lipinski definition) is 5. The molecule has 1 amide bonds. The minimum absolute atomic E-state index is 0.0382. The molecule has 0 radical (unpaired) electrons. The highest BCUT2D eigenvalue weighted by atomic mass is 16.5. The van der Waals surface area contributed by atoms with Crippen molar-refractivity contribution in [2.45, 2.75) is 19.8 Å². The van der Waals surface area contributed by atoms with Gasteiger partial charge in [-0.05, 0) is 40.5 Å². The number of nitrogens with one attached hydrogen (secondary N) is 2. The molecular formula is C12H22N4O2. The van der Waals surface area contributed by atoms with Crippen LogP contribution in [0, 0.1) is 6.92 Å². The molecule has 0 unspecified atom stereocenters. The van der Waals surface area contributed by atoms with Gasteiger partial charge in [-0.15, -0.1) is 0 Å². The maximum absolute atomic E-state index is 11.6. The first-order chi connectivity index (χ1) is 8.61. The molecule has 102 valence electrons. The van der Waals surface area contributed by atoms with Crippen molar-refractivity contribution < 1.29 is 9.32 Å². The lowest BCUT2D eigenvalue weighted by Gasteiger charge is -2.15. The highest BCUT2D eigenvalue weighted by molar-refractivity contribution is 5.89. The molecule has 1 aromatic rings. The van der Waals surface area contributed by atoms with Gasteiger partial charge in [0.2, 0.25) is 5.91 Å². The Kier molecular flexibility index (Phi) is 6.38. The zero-order valence-corrected chi connectivity index (χ0v) is 11.3. The number of hydrogen-bond donors (Lipinski definition) is 2. The summed E-state index contributed by atoms with van der Waals surface area (Å²) >= 11 is 0. The minimum atomic E-state index is -0.0382. The van der Waals surface area contributed by atoms with Crippen LogP contribution in [0.25, 0.3) is 0 Å². The smallest absolute Gasteiger partial charge is 0.226 e. The van der Waals surface area contributed by atoms with Gasteiger partial charge in [0.05, 0.1) is 0 Å². The number of nitrogens with zero attached hydrogens (tertiary/aromatic N) is 2. The molecule has 2 N–H and O–H groups in total. The van der Waals surface area contributed by atoms with Crippen molar-refractivity contribution in [3.05, 3.63) is 11.8 Å². The third-order valence-corrected chi connectivity index (χ3v) is 2.58. The zero-order chi connectivity index (χ0) is 13.4. The number of carbonyl (C=O) groups is 1. The van der Waals surface area contributed by atoms with E-state index in [0.717, 1.165) is 26.1 Å². The van der Waals surface area contributed by atoms with Crippen LogP contribution in [0.2, 0.25) is 0 Å². The number of rotatable bonds is 8. The fourth-order valence-electron chi connectivity index (χ4n) is 1.56. The van der Waals surface area contributed by atoms with Gasteiger partial charge in [-0.3, -0.25) is 4.79 Å². The SMILES string of the molecule is CNCCCN(C)CCC(=O)Nc1cc(C)on1. The van der Waals surface area contributed by atoms with Gasteiger partial charge in [0.1, 0.15) is 5.76 Å². The predicted octanol–water partition coefficient (Wildman–Crippen LogP) is 0.853. The van der Waals surface area contributed by atoms with Crippen LogP contribution in [0.1, 0.15) is 18.6 Å². The molecule has 0 fully saturated rings. The van der Waals surface area contributed by atoms with Gasteiger partial charge in [0, 0.05) is 19.0 Å². The summed E-state index contributed by atoms with van der Waals surface area (Å²) in [5.74, 6) is 1.13. The Balaban J connectivity index is 2.16. The van der Waals surface area contributed by atoms with Gasteiger partial charge in [-0.25, -0.2) is 0 Å². The number of aryl methyl sites for hydroxylation is 1. The third-order valence-electron chi connectivity index (χ3n) is 2.58. The van der Waals surface area contributed by atoms with Crippen LogP contribution in [0.4, 0.5) is 5.82 Å². The van der Waals surface area contributed by atoms with E-state index in [9.17, 15) is 4.79 Å². The lowest BCUT2D eigenvalue weighted by molar-refractivity contribution is -0.116. The highest BCUT2D eigenvalue weighted by Crippen LogP contribution is 2.07. The molecule has 1 aromatic heterocycles. The van der Waals surface area contributed by atoms with Crippen LogP contribution >= 0.6 is 0 Å². The quantitative estimate of drug-likeness (QED) is 0.673. The normalized spacial score (nSPS) is 10.9. The largest absolute Gasteiger partial charge is 0.360 e. The van der Waals surface area contributed by atoms with Crippen LogP contribution < -0.4 is 10.6 Å². The maximum atomic E-state index is 11.6. The molecule has 0 bridgehead atoms. The number of carbonyl (C=O) groups excluding carboxylic acids is 1. The Bertz CT molecular complexity index is 365. The summed E-state index contributed by atoms with van der Waals surface area (Å²) in [7, 11) is 3.95. The van der Waals surface area contributed by atoms with E-state index in [-0.39, 0.29) is 5.91 Å². The first kappa shape index (κ1) is 14.7. The molecule has 0 aromatic carbocycles. The van der Waals surface area contributed by atoms with Gasteiger partial charge in [-0.1, -0.05) is 5.16 Å². The second-order valence-corrected chi connectivity index (χ2v) is 4.38. The predicted molar refractivity (Wildman–Crippen MR) is 70.5 cm³/mol. The molecule has 6 heteroatoms. The standard InChI is InChI=1S/C12H22N4O2/c1-10-9-11(15-18-10)14-12(17)5-8-16(3)7-4-6-13-2/h9,13H,4-8H2,1-3H3,(H,14,15,17). The van der Waals surface area contributed by atoms with E-state index in [1.807, 2.05) is 14.1 Å². The van der Waals surface area contributed by atoms with Crippen LogP contribution in [-0.4, -0.2) is 49.7 Å². The monoisotopic (exact) mass is 254 g/mol. The Labute approximate surface area is 108 Å². The van der Waals surface area contributed by atoms with Crippen LogP contribution in [-0.2, 0) is 4.79 Å². The van der Waals surface area contributed by atoms with Crippen LogP contribution in [0.5, 0.6) is 0 Å². The Morgan fingerprint density at radius 2 is 2.28 bits per heavy atom. The van der Waals surface area contributed by atoms with E-state index < -0.39 is 0 Å². The van der Waals surface area contributed by atoms with Gasteiger partial charge in [-0.2, -0.15) is 0 Å². The number of anilines is 1. The molecule has 0 atom stereocenters. The topological polar surface area (TPSA) is 70.4 Å². The molecule has 0 saturated heterocycles. The highest BCUT2D eigenvalue weighted by Gasteiger charge is 2.07. The van der Waals surface area contributed by atoms with E-state index in [4.69, 9.17) is 4.52 Å². The molecule has 6 nitrogen and oxygen atoms in total. The average molecular weight is 254 g/mol. The lowest BCUT2D eigenvalue weighted by Crippen LogP contribution is -2.27. The van der Waals surface area contributed by atoms with Crippen LogP contribution in [0.15, 0.2) is 10.6 Å². The summed E-state index contributed by atoms with van der Waals surface area (Å²) in [6.45, 7) is 4.51. The van der Waals surface area contributed by atoms with E-state index in [1.54, 1.807) is 13.0 Å². The minimum Gasteiger partial charge on any atom is -0.360 e. The average Bonchev–Trinajstić information content (AvgIpc) is 2.72. The molecule has 0 aliphatic carbocycles. The number of amides is 1. The first-order valence-electron chi connectivity index (χ1n) is 6.18. The molecule has 1 heterocycles. The van der Waals surface area contributed by atoms with Crippen molar-refractivity contribution in [2.24, 2.45) is 0 Å². The molecule has 0 spiro atoms. The lowest BCUT2D eigenvalue weighted by atomic mass is 10.3. The summed E-state index contributed by atoms with van der Waals surface area (Å²) in [6.07, 6.45) is 1.54. The van der Waals surface area contributed by atoms with E-state index in [0.29, 0.717) is 18.0 Å². The second kappa shape index (κ2) is 7.84. The van der Waals surface area contributed by atoms with Crippen LogP contribution in [0.3, 0.4) is 0 Å². The van der Waals surface area contributed by atoms with E-state index in [2.05, 4.69) is 20.7 Å². The maximum Gasteiger partial charge on any atom is 0.226 e. The fourth-order valence-corrected chi connectivity index (χ4v) is 1.56. The molecule has 0 saturated carbocycles. The molecule has 0 aliphatic heterocycles. The molecule has 1 rings (SSSR count). The fraction of sp³-hybridized carbons (Fsp3) is 0.667. The second-order valence-electron chi connectivity index (χ2n) is 4.38. The summed E-state index contributed by atoms with van der Waals surface area (Å²) in [4.78, 5) is 13.8. The summed E-state index contributed by atoms with van der Waals surface area (Å²) < 4.78 is 4.87. The zero-order valence-electron chi connectivity index (χ0n) is 11.3. The Hall–Kier alpha value is -1.40. The molecule has 18 heavy (non-hydrogen) atoms. The Morgan fingerprint density at radius 1 is 1.50 bits per heavy atom. The van der Waals surface area contributed by atoms with E-state index >= 15 is 0 Å². The first-order valence-corrected chi connectivity index (χ1v) is 6.18. The summed E-state index contributed by atoms with van der Waals surface area (Å²) in [5.41, 5.74) is 0. The third kappa shape index (κ3) is 5.79. The van der Waals surface area contributed by atoms with Crippen molar-refractivity contribution in [3.63, 3.8) is 0 Å².